The second-order valence-electron chi connectivity index (χ2n) is 6.01. The SMILES string of the molecule is CCN(Cc1noc(CC(C)C)n1)C(=O)C[C@H]1CNCCO1. The minimum Gasteiger partial charge on any atom is -0.375 e. The summed E-state index contributed by atoms with van der Waals surface area (Å²) in [6, 6.07) is 0. The number of ether oxygens (including phenoxy) is 1. The Morgan fingerprint density at radius 1 is 1.50 bits per heavy atom. The fraction of sp³-hybridized carbons (Fsp3) is 0.800. The lowest BCUT2D eigenvalue weighted by atomic mass is 10.1. The van der Waals surface area contributed by atoms with Gasteiger partial charge in [0.2, 0.25) is 11.8 Å². The second kappa shape index (κ2) is 8.24. The summed E-state index contributed by atoms with van der Waals surface area (Å²) in [5.74, 6) is 1.72. The van der Waals surface area contributed by atoms with Gasteiger partial charge in [0, 0.05) is 26.1 Å². The molecule has 1 amide bonds. The molecule has 22 heavy (non-hydrogen) atoms. The van der Waals surface area contributed by atoms with E-state index in [1.807, 2.05) is 6.92 Å². The van der Waals surface area contributed by atoms with Crippen molar-refractivity contribution in [3.05, 3.63) is 11.7 Å². The maximum atomic E-state index is 12.4. The monoisotopic (exact) mass is 310 g/mol. The smallest absolute Gasteiger partial charge is 0.226 e. The third-order valence-electron chi connectivity index (χ3n) is 3.57. The average Bonchev–Trinajstić information content (AvgIpc) is 2.92. The summed E-state index contributed by atoms with van der Waals surface area (Å²) in [6.07, 6.45) is 1.10. The molecule has 0 saturated carbocycles. The number of aromatic nitrogens is 2. The Morgan fingerprint density at radius 3 is 2.95 bits per heavy atom. The summed E-state index contributed by atoms with van der Waals surface area (Å²) in [7, 11) is 0. The predicted octanol–water partition coefficient (Wildman–Crippen LogP) is 0.995. The minimum atomic E-state index is -0.0444. The van der Waals surface area contributed by atoms with Gasteiger partial charge >= 0.3 is 0 Å². The summed E-state index contributed by atoms with van der Waals surface area (Å²) in [5, 5.41) is 7.20. The van der Waals surface area contributed by atoms with E-state index in [9.17, 15) is 4.79 Å². The first kappa shape index (κ1) is 16.9. The van der Waals surface area contributed by atoms with E-state index >= 15 is 0 Å². The van der Waals surface area contributed by atoms with Crippen molar-refractivity contribution >= 4 is 5.91 Å². The number of morpholine rings is 1. The van der Waals surface area contributed by atoms with E-state index in [-0.39, 0.29) is 12.0 Å². The van der Waals surface area contributed by atoms with E-state index in [4.69, 9.17) is 9.26 Å². The topological polar surface area (TPSA) is 80.5 Å². The Labute approximate surface area is 131 Å². The van der Waals surface area contributed by atoms with E-state index in [2.05, 4.69) is 29.3 Å². The summed E-state index contributed by atoms with van der Waals surface area (Å²) in [4.78, 5) is 18.5. The molecule has 124 valence electrons. The molecular weight excluding hydrogens is 284 g/mol. The number of carbonyl (C=O) groups is 1. The molecule has 7 nitrogen and oxygen atoms in total. The van der Waals surface area contributed by atoms with E-state index in [0.29, 0.717) is 43.8 Å². The molecule has 1 atom stereocenters. The van der Waals surface area contributed by atoms with Gasteiger partial charge in [0.15, 0.2) is 5.82 Å². The van der Waals surface area contributed by atoms with E-state index < -0.39 is 0 Å². The molecule has 1 aromatic rings. The molecule has 1 aromatic heterocycles. The van der Waals surface area contributed by atoms with Crippen LogP contribution in [0.25, 0.3) is 0 Å². The van der Waals surface area contributed by atoms with Crippen LogP contribution >= 0.6 is 0 Å². The molecule has 1 aliphatic rings. The fourth-order valence-electron chi connectivity index (χ4n) is 2.41. The van der Waals surface area contributed by atoms with Gasteiger partial charge in [-0.1, -0.05) is 19.0 Å². The molecule has 2 heterocycles. The molecule has 1 fully saturated rings. The molecule has 1 saturated heterocycles. The van der Waals surface area contributed by atoms with Gasteiger partial charge in [-0.05, 0) is 12.8 Å². The molecule has 0 unspecified atom stereocenters. The summed E-state index contributed by atoms with van der Waals surface area (Å²) < 4.78 is 10.8. The van der Waals surface area contributed by atoms with Crippen LogP contribution in [0.2, 0.25) is 0 Å². The number of nitrogens with zero attached hydrogens (tertiary/aromatic N) is 3. The van der Waals surface area contributed by atoms with Crippen molar-refractivity contribution < 1.29 is 14.1 Å². The lowest BCUT2D eigenvalue weighted by molar-refractivity contribution is -0.135. The summed E-state index contributed by atoms with van der Waals surface area (Å²) >= 11 is 0. The van der Waals surface area contributed by atoms with Crippen LogP contribution in [0.5, 0.6) is 0 Å². The first-order chi connectivity index (χ1) is 10.6. The molecule has 0 spiro atoms. The maximum Gasteiger partial charge on any atom is 0.226 e. The molecule has 7 heteroatoms. The van der Waals surface area contributed by atoms with Gasteiger partial charge in [0.25, 0.3) is 0 Å². The Bertz CT molecular complexity index is 469. The predicted molar refractivity (Wildman–Crippen MR) is 81.2 cm³/mol. The molecular formula is C15H26N4O3. The summed E-state index contributed by atoms with van der Waals surface area (Å²) in [6.45, 7) is 9.40. The molecule has 0 aliphatic carbocycles. The first-order valence-electron chi connectivity index (χ1n) is 8.00. The van der Waals surface area contributed by atoms with Crippen molar-refractivity contribution in [2.24, 2.45) is 5.92 Å². The highest BCUT2D eigenvalue weighted by atomic mass is 16.5. The normalized spacial score (nSPS) is 18.6. The third kappa shape index (κ3) is 5.06. The van der Waals surface area contributed by atoms with Crippen LogP contribution in [0.4, 0.5) is 0 Å². The van der Waals surface area contributed by atoms with Crippen molar-refractivity contribution in [1.82, 2.24) is 20.4 Å². The molecule has 0 bridgehead atoms. The zero-order chi connectivity index (χ0) is 15.9. The Balaban J connectivity index is 1.87. The number of hydrogen-bond donors (Lipinski definition) is 1. The van der Waals surface area contributed by atoms with Gasteiger partial charge in [0.1, 0.15) is 0 Å². The van der Waals surface area contributed by atoms with Crippen LogP contribution in [0.1, 0.15) is 38.9 Å². The van der Waals surface area contributed by atoms with Crippen molar-refractivity contribution in [3.8, 4) is 0 Å². The van der Waals surface area contributed by atoms with E-state index in [1.54, 1.807) is 4.90 Å². The van der Waals surface area contributed by atoms with Gasteiger partial charge in [-0.3, -0.25) is 4.79 Å². The van der Waals surface area contributed by atoms with Crippen molar-refractivity contribution in [2.45, 2.75) is 46.3 Å². The molecule has 2 rings (SSSR count). The second-order valence-corrected chi connectivity index (χ2v) is 6.01. The molecule has 1 aliphatic heterocycles. The quantitative estimate of drug-likeness (QED) is 0.809. The van der Waals surface area contributed by atoms with Crippen LogP contribution < -0.4 is 5.32 Å². The largest absolute Gasteiger partial charge is 0.375 e. The Kier molecular flexibility index (Phi) is 6.33. The number of rotatable bonds is 7. The van der Waals surface area contributed by atoms with Crippen molar-refractivity contribution in [2.75, 3.05) is 26.2 Å². The lowest BCUT2D eigenvalue weighted by Gasteiger charge is -2.26. The number of nitrogens with one attached hydrogen (secondary N) is 1. The Hall–Kier alpha value is -1.47. The Morgan fingerprint density at radius 2 is 2.32 bits per heavy atom. The van der Waals surface area contributed by atoms with Crippen LogP contribution in [0.3, 0.4) is 0 Å². The highest BCUT2D eigenvalue weighted by molar-refractivity contribution is 5.76. The molecule has 0 radical (unpaired) electrons. The zero-order valence-corrected chi connectivity index (χ0v) is 13.7. The van der Waals surface area contributed by atoms with E-state index in [0.717, 1.165) is 19.5 Å². The van der Waals surface area contributed by atoms with Crippen molar-refractivity contribution in [3.63, 3.8) is 0 Å². The first-order valence-corrected chi connectivity index (χ1v) is 8.00. The highest BCUT2D eigenvalue weighted by Gasteiger charge is 2.22. The van der Waals surface area contributed by atoms with Crippen LogP contribution in [-0.2, 0) is 22.5 Å². The molecule has 0 aromatic carbocycles. The number of hydrogen-bond acceptors (Lipinski definition) is 6. The zero-order valence-electron chi connectivity index (χ0n) is 13.7. The lowest BCUT2D eigenvalue weighted by Crippen LogP contribution is -2.42. The van der Waals surface area contributed by atoms with Crippen molar-refractivity contribution in [1.29, 1.82) is 0 Å². The average molecular weight is 310 g/mol. The maximum absolute atomic E-state index is 12.4. The highest BCUT2D eigenvalue weighted by Crippen LogP contribution is 2.10. The van der Waals surface area contributed by atoms with Gasteiger partial charge in [-0.25, -0.2) is 0 Å². The van der Waals surface area contributed by atoms with Gasteiger partial charge in [-0.15, -0.1) is 0 Å². The summed E-state index contributed by atoms with van der Waals surface area (Å²) in [5.41, 5.74) is 0. The number of carbonyl (C=O) groups excluding carboxylic acids is 1. The molecule has 1 N–H and O–H groups in total. The van der Waals surface area contributed by atoms with Gasteiger partial charge in [-0.2, -0.15) is 4.98 Å². The van der Waals surface area contributed by atoms with Crippen LogP contribution in [0.15, 0.2) is 4.52 Å². The van der Waals surface area contributed by atoms with Crippen LogP contribution in [0, 0.1) is 5.92 Å². The van der Waals surface area contributed by atoms with Crippen LogP contribution in [-0.4, -0.2) is 53.3 Å². The van der Waals surface area contributed by atoms with Gasteiger partial charge in [0.05, 0.1) is 25.7 Å². The minimum absolute atomic E-state index is 0.0444. The standard InChI is InChI=1S/C15H26N4O3/c1-4-19(15(20)8-12-9-16-5-6-21-12)10-13-17-14(22-18-13)7-11(2)3/h11-12,16H,4-10H2,1-3H3/t12-/m0/s1. The van der Waals surface area contributed by atoms with Gasteiger partial charge < -0.3 is 19.5 Å². The fourth-order valence-corrected chi connectivity index (χ4v) is 2.41. The third-order valence-corrected chi connectivity index (χ3v) is 3.57. The van der Waals surface area contributed by atoms with E-state index in [1.165, 1.54) is 0 Å². The number of amides is 1.